The van der Waals surface area contributed by atoms with Crippen molar-refractivity contribution in [1.82, 2.24) is 14.7 Å². The molecule has 2 aromatic heterocycles. The molecule has 0 aliphatic carbocycles. The van der Waals surface area contributed by atoms with Crippen LogP contribution in [-0.2, 0) is 7.05 Å². The second-order valence-electron chi connectivity index (χ2n) is 4.71. The SMILES string of the molecule is Cn1cc(-c2noc(/C=C/c3cccc(Cl)c3)n2)ccc1=O. The first-order valence-corrected chi connectivity index (χ1v) is 6.94. The standard InChI is InChI=1S/C16H12ClN3O2/c1-20-10-12(6-8-15(20)21)16-18-14(22-19-16)7-5-11-3-2-4-13(17)9-11/h2-10H,1H3/b7-5+. The number of hydrogen-bond donors (Lipinski definition) is 0. The zero-order valence-corrected chi connectivity index (χ0v) is 12.5. The summed E-state index contributed by atoms with van der Waals surface area (Å²) in [5, 5.41) is 4.57. The summed E-state index contributed by atoms with van der Waals surface area (Å²) in [7, 11) is 1.67. The molecule has 0 fully saturated rings. The highest BCUT2D eigenvalue weighted by Gasteiger charge is 2.07. The quantitative estimate of drug-likeness (QED) is 0.744. The maximum atomic E-state index is 11.4. The van der Waals surface area contributed by atoms with Gasteiger partial charge in [-0.3, -0.25) is 4.79 Å². The third-order valence-electron chi connectivity index (χ3n) is 3.05. The Morgan fingerprint density at radius 3 is 2.86 bits per heavy atom. The van der Waals surface area contributed by atoms with Gasteiger partial charge in [-0.05, 0) is 29.8 Å². The van der Waals surface area contributed by atoms with Gasteiger partial charge in [-0.2, -0.15) is 4.98 Å². The molecule has 0 atom stereocenters. The van der Waals surface area contributed by atoms with Crippen LogP contribution in [0, 0.1) is 0 Å². The highest BCUT2D eigenvalue weighted by Crippen LogP contribution is 2.16. The molecule has 0 aliphatic heterocycles. The van der Waals surface area contributed by atoms with Crippen molar-refractivity contribution in [3.8, 4) is 11.4 Å². The molecule has 0 N–H and O–H groups in total. The Morgan fingerprint density at radius 2 is 2.09 bits per heavy atom. The lowest BCUT2D eigenvalue weighted by molar-refractivity contribution is 0.411. The fraction of sp³-hybridized carbons (Fsp3) is 0.0625. The number of aryl methyl sites for hydroxylation is 1. The summed E-state index contributed by atoms with van der Waals surface area (Å²) in [5.41, 5.74) is 1.57. The zero-order valence-electron chi connectivity index (χ0n) is 11.7. The van der Waals surface area contributed by atoms with Crippen LogP contribution in [0.4, 0.5) is 0 Å². The highest BCUT2D eigenvalue weighted by atomic mass is 35.5. The van der Waals surface area contributed by atoms with Crippen LogP contribution in [0.15, 0.2) is 51.9 Å². The van der Waals surface area contributed by atoms with E-state index >= 15 is 0 Å². The highest BCUT2D eigenvalue weighted by molar-refractivity contribution is 6.30. The van der Waals surface area contributed by atoms with Crippen molar-refractivity contribution in [2.24, 2.45) is 7.05 Å². The van der Waals surface area contributed by atoms with Gasteiger partial charge in [-0.25, -0.2) is 0 Å². The molecule has 0 saturated carbocycles. The second-order valence-corrected chi connectivity index (χ2v) is 5.15. The van der Waals surface area contributed by atoms with E-state index in [-0.39, 0.29) is 5.56 Å². The van der Waals surface area contributed by atoms with E-state index < -0.39 is 0 Å². The third kappa shape index (κ3) is 3.15. The Kier molecular flexibility index (Phi) is 3.89. The number of nitrogens with zero attached hydrogens (tertiary/aromatic N) is 3. The van der Waals surface area contributed by atoms with Crippen LogP contribution >= 0.6 is 11.6 Å². The Morgan fingerprint density at radius 1 is 1.23 bits per heavy atom. The van der Waals surface area contributed by atoms with Crippen LogP contribution < -0.4 is 5.56 Å². The van der Waals surface area contributed by atoms with Crippen LogP contribution in [0.1, 0.15) is 11.5 Å². The summed E-state index contributed by atoms with van der Waals surface area (Å²) in [5.74, 6) is 0.810. The molecule has 110 valence electrons. The van der Waals surface area contributed by atoms with Crippen LogP contribution in [0.25, 0.3) is 23.5 Å². The molecule has 6 heteroatoms. The molecular weight excluding hydrogens is 302 g/mol. The average Bonchev–Trinajstić information content (AvgIpc) is 2.97. The number of halogens is 1. The monoisotopic (exact) mass is 313 g/mol. The van der Waals surface area contributed by atoms with Crippen molar-refractivity contribution in [1.29, 1.82) is 0 Å². The largest absolute Gasteiger partial charge is 0.334 e. The van der Waals surface area contributed by atoms with Gasteiger partial charge in [0.05, 0.1) is 0 Å². The average molecular weight is 314 g/mol. The minimum atomic E-state index is -0.0895. The smallest absolute Gasteiger partial charge is 0.250 e. The molecule has 0 spiro atoms. The van der Waals surface area contributed by atoms with Crippen molar-refractivity contribution in [3.63, 3.8) is 0 Å². The molecule has 0 radical (unpaired) electrons. The Hall–Kier alpha value is -2.66. The summed E-state index contributed by atoms with van der Waals surface area (Å²) in [6.45, 7) is 0. The van der Waals surface area contributed by atoms with Gasteiger partial charge in [0.25, 0.3) is 5.89 Å². The van der Waals surface area contributed by atoms with E-state index in [1.807, 2.05) is 30.3 Å². The fourth-order valence-corrected chi connectivity index (χ4v) is 2.12. The number of pyridine rings is 1. The summed E-state index contributed by atoms with van der Waals surface area (Å²) < 4.78 is 6.64. The molecule has 0 unspecified atom stereocenters. The lowest BCUT2D eigenvalue weighted by atomic mass is 10.2. The Balaban J connectivity index is 1.84. The molecule has 3 aromatic rings. The summed E-state index contributed by atoms with van der Waals surface area (Å²) >= 11 is 5.93. The molecule has 5 nitrogen and oxygen atoms in total. The molecule has 0 bridgehead atoms. The van der Waals surface area contributed by atoms with Crippen LogP contribution in [0.5, 0.6) is 0 Å². The number of hydrogen-bond acceptors (Lipinski definition) is 4. The van der Waals surface area contributed by atoms with Crippen LogP contribution in [0.3, 0.4) is 0 Å². The first-order chi connectivity index (χ1) is 10.6. The topological polar surface area (TPSA) is 60.9 Å². The normalized spacial score (nSPS) is 11.2. The number of rotatable bonds is 3. The van der Waals surface area contributed by atoms with Gasteiger partial charge in [0.1, 0.15) is 0 Å². The van der Waals surface area contributed by atoms with E-state index in [0.717, 1.165) is 5.56 Å². The van der Waals surface area contributed by atoms with E-state index in [9.17, 15) is 4.79 Å². The Labute approximate surface area is 131 Å². The number of aromatic nitrogens is 3. The molecule has 0 aliphatic rings. The molecule has 0 saturated heterocycles. The number of benzene rings is 1. The van der Waals surface area contributed by atoms with Gasteiger partial charge in [0.2, 0.25) is 11.4 Å². The van der Waals surface area contributed by atoms with Crippen molar-refractivity contribution in [3.05, 3.63) is 69.4 Å². The summed E-state index contributed by atoms with van der Waals surface area (Å²) in [6.07, 6.45) is 5.21. The third-order valence-corrected chi connectivity index (χ3v) is 3.29. The first kappa shape index (κ1) is 14.3. The van der Waals surface area contributed by atoms with Crippen molar-refractivity contribution in [2.75, 3.05) is 0 Å². The van der Waals surface area contributed by atoms with Gasteiger partial charge in [-0.15, -0.1) is 0 Å². The fourth-order valence-electron chi connectivity index (χ4n) is 1.92. The van der Waals surface area contributed by atoms with E-state index in [1.54, 1.807) is 25.4 Å². The van der Waals surface area contributed by atoms with Gasteiger partial charge in [0.15, 0.2) is 0 Å². The van der Waals surface area contributed by atoms with Gasteiger partial charge >= 0.3 is 0 Å². The van der Waals surface area contributed by atoms with Gasteiger partial charge in [-0.1, -0.05) is 28.9 Å². The predicted octanol–water partition coefficient (Wildman–Crippen LogP) is 3.26. The minimum absolute atomic E-state index is 0.0895. The molecular formula is C16H12ClN3O2. The Bertz CT molecular complexity index is 896. The second kappa shape index (κ2) is 5.99. The van der Waals surface area contributed by atoms with Gasteiger partial charge in [0, 0.05) is 36.0 Å². The van der Waals surface area contributed by atoms with Gasteiger partial charge < -0.3 is 9.09 Å². The predicted molar refractivity (Wildman–Crippen MR) is 85.4 cm³/mol. The summed E-state index contributed by atoms with van der Waals surface area (Å²) in [4.78, 5) is 15.6. The van der Waals surface area contributed by atoms with E-state index in [0.29, 0.717) is 22.3 Å². The zero-order chi connectivity index (χ0) is 15.5. The van der Waals surface area contributed by atoms with Crippen molar-refractivity contribution >= 4 is 23.8 Å². The molecule has 2 heterocycles. The molecule has 3 rings (SSSR count). The molecule has 0 amide bonds. The van der Waals surface area contributed by atoms with E-state index in [4.69, 9.17) is 16.1 Å². The lowest BCUT2D eigenvalue weighted by Gasteiger charge is -1.97. The van der Waals surface area contributed by atoms with E-state index in [1.165, 1.54) is 10.6 Å². The maximum absolute atomic E-state index is 11.4. The molecule has 22 heavy (non-hydrogen) atoms. The molecule has 1 aromatic carbocycles. The van der Waals surface area contributed by atoms with Crippen LogP contribution in [-0.4, -0.2) is 14.7 Å². The minimum Gasteiger partial charge on any atom is -0.334 e. The van der Waals surface area contributed by atoms with Crippen LogP contribution in [0.2, 0.25) is 5.02 Å². The first-order valence-electron chi connectivity index (χ1n) is 6.56. The lowest BCUT2D eigenvalue weighted by Crippen LogP contribution is -2.14. The summed E-state index contributed by atoms with van der Waals surface area (Å²) in [6, 6.07) is 10.6. The van der Waals surface area contributed by atoms with E-state index in [2.05, 4.69) is 10.1 Å². The van der Waals surface area contributed by atoms with Crippen molar-refractivity contribution < 1.29 is 4.52 Å². The maximum Gasteiger partial charge on any atom is 0.250 e. The van der Waals surface area contributed by atoms with Crippen molar-refractivity contribution in [2.45, 2.75) is 0 Å².